The maximum absolute atomic E-state index is 4.55. The molecule has 0 unspecified atom stereocenters. The molecule has 96 valence electrons. The number of hydrogen-bond donors (Lipinski definition) is 0. The van der Waals surface area contributed by atoms with E-state index in [1.807, 2.05) is 11.3 Å². The Labute approximate surface area is 115 Å². The number of fused-ring (bicyclic) bond motifs is 3. The molecule has 0 aliphatic carbocycles. The van der Waals surface area contributed by atoms with Crippen molar-refractivity contribution < 1.29 is 0 Å². The SMILES string of the molecule is c1ccc2c(c1)sc1c(N3CCCCC3)ncnc12. The first kappa shape index (κ1) is 11.2. The van der Waals surface area contributed by atoms with Gasteiger partial charge in [0, 0.05) is 23.2 Å². The third-order valence-electron chi connectivity index (χ3n) is 3.79. The van der Waals surface area contributed by atoms with E-state index in [0.717, 1.165) is 24.4 Å². The fraction of sp³-hybridized carbons (Fsp3) is 0.333. The molecule has 3 nitrogen and oxygen atoms in total. The number of piperidine rings is 1. The molecule has 1 fully saturated rings. The smallest absolute Gasteiger partial charge is 0.150 e. The Balaban J connectivity index is 1.95. The van der Waals surface area contributed by atoms with Crippen molar-refractivity contribution in [3.8, 4) is 0 Å². The zero-order valence-corrected chi connectivity index (χ0v) is 11.5. The molecule has 4 heteroatoms. The predicted molar refractivity (Wildman–Crippen MR) is 81.0 cm³/mol. The molecule has 1 aromatic carbocycles. The lowest BCUT2D eigenvalue weighted by molar-refractivity contribution is 0.575. The van der Waals surface area contributed by atoms with Gasteiger partial charge in [-0.1, -0.05) is 18.2 Å². The minimum atomic E-state index is 1.11. The molecule has 0 spiro atoms. The Morgan fingerprint density at radius 1 is 1.00 bits per heavy atom. The van der Waals surface area contributed by atoms with Crippen LogP contribution >= 0.6 is 11.3 Å². The van der Waals surface area contributed by atoms with E-state index in [1.54, 1.807) is 6.33 Å². The van der Waals surface area contributed by atoms with Crippen LogP contribution in [0.5, 0.6) is 0 Å². The zero-order valence-electron chi connectivity index (χ0n) is 10.7. The topological polar surface area (TPSA) is 29.0 Å². The highest BCUT2D eigenvalue weighted by Crippen LogP contribution is 2.37. The Hall–Kier alpha value is -1.68. The van der Waals surface area contributed by atoms with Gasteiger partial charge in [-0.2, -0.15) is 0 Å². The Bertz CT molecular complexity index is 728. The van der Waals surface area contributed by atoms with E-state index in [4.69, 9.17) is 0 Å². The molecule has 4 rings (SSSR count). The normalized spacial score (nSPS) is 16.3. The van der Waals surface area contributed by atoms with Crippen LogP contribution in [-0.4, -0.2) is 23.1 Å². The van der Waals surface area contributed by atoms with Gasteiger partial charge >= 0.3 is 0 Å². The molecular formula is C15H15N3S. The minimum absolute atomic E-state index is 1.11. The van der Waals surface area contributed by atoms with E-state index in [0.29, 0.717) is 0 Å². The zero-order chi connectivity index (χ0) is 12.7. The van der Waals surface area contributed by atoms with Gasteiger partial charge in [-0.05, 0) is 25.3 Å². The Morgan fingerprint density at radius 3 is 2.74 bits per heavy atom. The lowest BCUT2D eigenvalue weighted by Crippen LogP contribution is -2.30. The first-order valence-electron chi connectivity index (χ1n) is 6.81. The van der Waals surface area contributed by atoms with Gasteiger partial charge in [-0.15, -0.1) is 11.3 Å². The van der Waals surface area contributed by atoms with Gasteiger partial charge in [0.05, 0.1) is 10.2 Å². The summed E-state index contributed by atoms with van der Waals surface area (Å²) in [6.07, 6.45) is 5.61. The van der Waals surface area contributed by atoms with Crippen molar-refractivity contribution in [1.82, 2.24) is 9.97 Å². The highest BCUT2D eigenvalue weighted by molar-refractivity contribution is 7.26. The van der Waals surface area contributed by atoms with E-state index in [2.05, 4.69) is 39.1 Å². The summed E-state index contributed by atoms with van der Waals surface area (Å²) in [6, 6.07) is 8.49. The second kappa shape index (κ2) is 4.46. The van der Waals surface area contributed by atoms with Crippen molar-refractivity contribution in [3.05, 3.63) is 30.6 Å². The van der Waals surface area contributed by atoms with Crippen molar-refractivity contribution in [2.24, 2.45) is 0 Å². The molecule has 0 amide bonds. The Morgan fingerprint density at radius 2 is 1.84 bits per heavy atom. The maximum Gasteiger partial charge on any atom is 0.150 e. The van der Waals surface area contributed by atoms with Gasteiger partial charge in [-0.25, -0.2) is 9.97 Å². The molecule has 1 aliphatic heterocycles. The van der Waals surface area contributed by atoms with Crippen LogP contribution in [0, 0.1) is 0 Å². The van der Waals surface area contributed by atoms with Crippen LogP contribution in [0.15, 0.2) is 30.6 Å². The molecule has 0 bridgehead atoms. The Kier molecular flexibility index (Phi) is 2.62. The molecule has 0 atom stereocenters. The number of aromatic nitrogens is 2. The van der Waals surface area contributed by atoms with Crippen molar-refractivity contribution in [2.45, 2.75) is 19.3 Å². The fourth-order valence-electron chi connectivity index (χ4n) is 2.84. The maximum atomic E-state index is 4.55. The van der Waals surface area contributed by atoms with Crippen LogP contribution in [0.25, 0.3) is 20.3 Å². The number of hydrogen-bond acceptors (Lipinski definition) is 4. The summed E-state index contributed by atoms with van der Waals surface area (Å²) >= 11 is 1.82. The highest BCUT2D eigenvalue weighted by Gasteiger charge is 2.17. The highest BCUT2D eigenvalue weighted by atomic mass is 32.1. The third-order valence-corrected chi connectivity index (χ3v) is 4.95. The van der Waals surface area contributed by atoms with E-state index in [1.165, 1.54) is 34.0 Å². The van der Waals surface area contributed by atoms with Crippen LogP contribution in [0.1, 0.15) is 19.3 Å². The summed E-state index contributed by atoms with van der Waals surface area (Å²) in [6.45, 7) is 2.25. The van der Waals surface area contributed by atoms with Gasteiger partial charge in [0.1, 0.15) is 12.1 Å². The van der Waals surface area contributed by atoms with Crippen LogP contribution in [0.2, 0.25) is 0 Å². The second-order valence-electron chi connectivity index (χ2n) is 5.02. The third kappa shape index (κ3) is 1.78. The largest absolute Gasteiger partial charge is 0.355 e. The monoisotopic (exact) mass is 269 g/mol. The summed E-state index contributed by atoms with van der Waals surface area (Å²) in [5.74, 6) is 1.13. The van der Waals surface area contributed by atoms with Crippen LogP contribution in [0.4, 0.5) is 5.82 Å². The average molecular weight is 269 g/mol. The van der Waals surface area contributed by atoms with Gasteiger partial charge in [0.25, 0.3) is 0 Å². The first-order valence-corrected chi connectivity index (χ1v) is 7.62. The molecule has 0 N–H and O–H groups in total. The number of benzene rings is 1. The molecule has 3 heterocycles. The van der Waals surface area contributed by atoms with Crippen molar-refractivity contribution in [3.63, 3.8) is 0 Å². The van der Waals surface area contributed by atoms with Crippen LogP contribution < -0.4 is 4.90 Å². The van der Waals surface area contributed by atoms with Crippen molar-refractivity contribution in [2.75, 3.05) is 18.0 Å². The summed E-state index contributed by atoms with van der Waals surface area (Å²) in [5.41, 5.74) is 1.11. The van der Waals surface area contributed by atoms with Gasteiger partial charge in [-0.3, -0.25) is 0 Å². The van der Waals surface area contributed by atoms with Crippen LogP contribution in [-0.2, 0) is 0 Å². The number of anilines is 1. The summed E-state index contributed by atoms with van der Waals surface area (Å²) < 4.78 is 2.54. The standard InChI is InChI=1S/C15H15N3S/c1-4-8-18(9-5-1)15-14-13(16-10-17-15)11-6-2-3-7-12(11)19-14/h2-3,6-7,10H,1,4-5,8-9H2. The second-order valence-corrected chi connectivity index (χ2v) is 6.07. The summed E-state index contributed by atoms with van der Waals surface area (Å²) in [5, 5.41) is 1.25. The summed E-state index contributed by atoms with van der Waals surface area (Å²) in [4.78, 5) is 11.5. The van der Waals surface area contributed by atoms with E-state index < -0.39 is 0 Å². The average Bonchev–Trinajstić information content (AvgIpc) is 2.87. The molecule has 1 saturated heterocycles. The summed E-state index contributed by atoms with van der Waals surface area (Å²) in [7, 11) is 0. The predicted octanol–water partition coefficient (Wildman–Crippen LogP) is 3.83. The molecule has 2 aromatic heterocycles. The van der Waals surface area contributed by atoms with Crippen LogP contribution in [0.3, 0.4) is 0 Å². The molecule has 0 radical (unpaired) electrons. The van der Waals surface area contributed by atoms with Gasteiger partial charge in [0.2, 0.25) is 0 Å². The lowest BCUT2D eigenvalue weighted by Gasteiger charge is -2.27. The number of nitrogens with zero attached hydrogens (tertiary/aromatic N) is 3. The molecule has 1 aliphatic rings. The number of thiophene rings is 1. The molecule has 19 heavy (non-hydrogen) atoms. The first-order chi connectivity index (χ1) is 9.43. The van der Waals surface area contributed by atoms with Crippen molar-refractivity contribution >= 4 is 37.5 Å². The number of rotatable bonds is 1. The quantitative estimate of drug-likeness (QED) is 0.672. The van der Waals surface area contributed by atoms with Crippen molar-refractivity contribution in [1.29, 1.82) is 0 Å². The van der Waals surface area contributed by atoms with E-state index in [-0.39, 0.29) is 0 Å². The molecule has 0 saturated carbocycles. The van der Waals surface area contributed by atoms with Gasteiger partial charge < -0.3 is 4.90 Å². The van der Waals surface area contributed by atoms with E-state index in [9.17, 15) is 0 Å². The van der Waals surface area contributed by atoms with Gasteiger partial charge in [0.15, 0.2) is 0 Å². The minimum Gasteiger partial charge on any atom is -0.355 e. The van der Waals surface area contributed by atoms with E-state index >= 15 is 0 Å². The fourth-order valence-corrected chi connectivity index (χ4v) is 4.02. The molecule has 3 aromatic rings. The lowest BCUT2D eigenvalue weighted by atomic mass is 10.1. The molecular weight excluding hydrogens is 254 g/mol.